The first kappa shape index (κ1) is 15.0. The summed E-state index contributed by atoms with van der Waals surface area (Å²) in [5.41, 5.74) is 6.84. The van der Waals surface area contributed by atoms with Crippen molar-refractivity contribution < 1.29 is 9.47 Å². The maximum absolute atomic E-state index is 5.80. The van der Waals surface area contributed by atoms with E-state index in [1.165, 1.54) is 0 Å². The van der Waals surface area contributed by atoms with Crippen molar-refractivity contribution in [1.82, 2.24) is 0 Å². The second-order valence-corrected chi connectivity index (χ2v) is 5.13. The zero-order valence-corrected chi connectivity index (χ0v) is 12.8. The molecule has 0 radical (unpaired) electrons. The van der Waals surface area contributed by atoms with Gasteiger partial charge in [-0.05, 0) is 23.8 Å². The van der Waals surface area contributed by atoms with Gasteiger partial charge in [-0.1, -0.05) is 52.3 Å². The van der Waals surface area contributed by atoms with Crippen molar-refractivity contribution in [3.8, 4) is 5.75 Å². The van der Waals surface area contributed by atoms with Crippen LogP contribution in [0.2, 0.25) is 0 Å². The normalized spacial score (nSPS) is 12.1. The highest BCUT2D eigenvalue weighted by Crippen LogP contribution is 2.25. The van der Waals surface area contributed by atoms with Crippen LogP contribution in [0.15, 0.2) is 59.1 Å². The van der Waals surface area contributed by atoms with Crippen LogP contribution in [0, 0.1) is 0 Å². The van der Waals surface area contributed by atoms with Gasteiger partial charge in [0.15, 0.2) is 0 Å². The van der Waals surface area contributed by atoms with Crippen molar-refractivity contribution in [2.45, 2.75) is 6.10 Å². The van der Waals surface area contributed by atoms with E-state index in [2.05, 4.69) is 15.9 Å². The molecule has 0 aliphatic heterocycles. The fraction of sp³-hybridized carbons (Fsp3) is 0.250. The average molecular weight is 336 g/mol. The molecule has 0 bridgehead atoms. The molecule has 1 unspecified atom stereocenters. The van der Waals surface area contributed by atoms with Gasteiger partial charge in [-0.25, -0.2) is 0 Å². The van der Waals surface area contributed by atoms with Crippen LogP contribution in [0.5, 0.6) is 5.75 Å². The highest BCUT2D eigenvalue weighted by molar-refractivity contribution is 9.10. The molecule has 2 aromatic carbocycles. The molecule has 20 heavy (non-hydrogen) atoms. The van der Waals surface area contributed by atoms with Crippen molar-refractivity contribution in [3.63, 3.8) is 0 Å². The first-order valence-corrected chi connectivity index (χ1v) is 7.34. The lowest BCUT2D eigenvalue weighted by molar-refractivity contribution is 0.0377. The van der Waals surface area contributed by atoms with Crippen LogP contribution in [0.1, 0.15) is 11.7 Å². The first-order chi connectivity index (χ1) is 9.81. The number of halogens is 1. The topological polar surface area (TPSA) is 44.5 Å². The van der Waals surface area contributed by atoms with E-state index in [0.29, 0.717) is 19.8 Å². The van der Waals surface area contributed by atoms with Crippen molar-refractivity contribution in [3.05, 3.63) is 64.6 Å². The SMILES string of the molecule is NCC(OCCOc1ccccc1)c1ccccc1Br. The maximum Gasteiger partial charge on any atom is 0.119 e. The Morgan fingerprint density at radius 1 is 0.950 bits per heavy atom. The van der Waals surface area contributed by atoms with Gasteiger partial charge in [-0.15, -0.1) is 0 Å². The Morgan fingerprint density at radius 2 is 1.65 bits per heavy atom. The van der Waals surface area contributed by atoms with E-state index in [1.54, 1.807) is 0 Å². The molecule has 2 rings (SSSR count). The van der Waals surface area contributed by atoms with Crippen molar-refractivity contribution >= 4 is 15.9 Å². The summed E-state index contributed by atoms with van der Waals surface area (Å²) in [6, 6.07) is 17.6. The molecular weight excluding hydrogens is 318 g/mol. The monoisotopic (exact) mass is 335 g/mol. The number of para-hydroxylation sites is 1. The van der Waals surface area contributed by atoms with Gasteiger partial charge >= 0.3 is 0 Å². The molecule has 0 spiro atoms. The van der Waals surface area contributed by atoms with Gasteiger partial charge in [0.1, 0.15) is 12.4 Å². The Kier molecular flexibility index (Phi) is 6.05. The smallest absolute Gasteiger partial charge is 0.119 e. The molecule has 1 atom stereocenters. The van der Waals surface area contributed by atoms with E-state index in [9.17, 15) is 0 Å². The largest absolute Gasteiger partial charge is 0.491 e. The van der Waals surface area contributed by atoms with Crippen LogP contribution in [-0.2, 0) is 4.74 Å². The molecule has 0 aliphatic rings. The average Bonchev–Trinajstić information content (AvgIpc) is 2.50. The molecular formula is C16H18BrNO2. The summed E-state index contributed by atoms with van der Waals surface area (Å²) < 4.78 is 12.4. The molecule has 0 heterocycles. The lowest BCUT2D eigenvalue weighted by Gasteiger charge is -2.18. The van der Waals surface area contributed by atoms with Crippen LogP contribution in [0.4, 0.5) is 0 Å². The van der Waals surface area contributed by atoms with Gasteiger partial charge in [-0.3, -0.25) is 0 Å². The molecule has 0 amide bonds. The summed E-state index contributed by atoms with van der Waals surface area (Å²) in [6.45, 7) is 1.44. The van der Waals surface area contributed by atoms with E-state index in [0.717, 1.165) is 15.8 Å². The van der Waals surface area contributed by atoms with Gasteiger partial charge in [-0.2, -0.15) is 0 Å². The number of ether oxygens (including phenoxy) is 2. The molecule has 0 aromatic heterocycles. The van der Waals surface area contributed by atoms with E-state index in [-0.39, 0.29) is 6.10 Å². The lowest BCUT2D eigenvalue weighted by Crippen LogP contribution is -2.19. The Bertz CT molecular complexity index is 519. The zero-order chi connectivity index (χ0) is 14.2. The molecule has 2 N–H and O–H groups in total. The minimum atomic E-state index is -0.120. The predicted molar refractivity (Wildman–Crippen MR) is 83.8 cm³/mol. The molecule has 0 aliphatic carbocycles. The molecule has 0 fully saturated rings. The molecule has 0 saturated heterocycles. The Balaban J connectivity index is 1.81. The second kappa shape index (κ2) is 8.04. The quantitative estimate of drug-likeness (QED) is 0.787. The van der Waals surface area contributed by atoms with Crippen LogP contribution >= 0.6 is 15.9 Å². The fourth-order valence-corrected chi connectivity index (χ4v) is 2.43. The van der Waals surface area contributed by atoms with Gasteiger partial charge in [0.25, 0.3) is 0 Å². The number of hydrogen-bond donors (Lipinski definition) is 1. The van der Waals surface area contributed by atoms with Gasteiger partial charge in [0, 0.05) is 11.0 Å². The Hall–Kier alpha value is -1.36. The fourth-order valence-electron chi connectivity index (χ4n) is 1.89. The molecule has 2 aromatic rings. The highest BCUT2D eigenvalue weighted by atomic mass is 79.9. The maximum atomic E-state index is 5.80. The highest BCUT2D eigenvalue weighted by Gasteiger charge is 2.12. The molecule has 3 nitrogen and oxygen atoms in total. The van der Waals surface area contributed by atoms with Gasteiger partial charge in [0.05, 0.1) is 12.7 Å². The summed E-state index contributed by atoms with van der Waals surface area (Å²) in [5, 5.41) is 0. The summed E-state index contributed by atoms with van der Waals surface area (Å²) in [7, 11) is 0. The van der Waals surface area contributed by atoms with Crippen LogP contribution in [0.3, 0.4) is 0 Å². The van der Waals surface area contributed by atoms with E-state index in [1.807, 2.05) is 54.6 Å². The van der Waals surface area contributed by atoms with E-state index < -0.39 is 0 Å². The van der Waals surface area contributed by atoms with Crippen molar-refractivity contribution in [1.29, 1.82) is 0 Å². The number of benzene rings is 2. The summed E-state index contributed by atoms with van der Waals surface area (Å²) in [5.74, 6) is 0.848. The Morgan fingerprint density at radius 3 is 2.35 bits per heavy atom. The summed E-state index contributed by atoms with van der Waals surface area (Å²) >= 11 is 3.52. The van der Waals surface area contributed by atoms with Crippen LogP contribution in [-0.4, -0.2) is 19.8 Å². The van der Waals surface area contributed by atoms with Gasteiger partial charge < -0.3 is 15.2 Å². The summed E-state index contributed by atoms with van der Waals surface area (Å²) in [4.78, 5) is 0. The third-order valence-electron chi connectivity index (χ3n) is 2.88. The van der Waals surface area contributed by atoms with Gasteiger partial charge in [0.2, 0.25) is 0 Å². The third-order valence-corrected chi connectivity index (χ3v) is 3.60. The van der Waals surface area contributed by atoms with E-state index in [4.69, 9.17) is 15.2 Å². The standard InChI is InChI=1S/C16H18BrNO2/c17-15-9-5-4-8-14(15)16(12-18)20-11-10-19-13-6-2-1-3-7-13/h1-9,16H,10-12,18H2. The first-order valence-electron chi connectivity index (χ1n) is 6.55. The molecule has 4 heteroatoms. The van der Waals surface area contributed by atoms with Crippen molar-refractivity contribution in [2.75, 3.05) is 19.8 Å². The van der Waals surface area contributed by atoms with Crippen LogP contribution < -0.4 is 10.5 Å². The molecule has 106 valence electrons. The number of rotatable bonds is 7. The predicted octanol–water partition coefficient (Wildman–Crippen LogP) is 3.54. The lowest BCUT2D eigenvalue weighted by atomic mass is 10.1. The molecule has 0 saturated carbocycles. The third kappa shape index (κ3) is 4.34. The van der Waals surface area contributed by atoms with Crippen molar-refractivity contribution in [2.24, 2.45) is 5.73 Å². The number of nitrogens with two attached hydrogens (primary N) is 1. The minimum absolute atomic E-state index is 0.120. The zero-order valence-electron chi connectivity index (χ0n) is 11.2. The van der Waals surface area contributed by atoms with Crippen LogP contribution in [0.25, 0.3) is 0 Å². The second-order valence-electron chi connectivity index (χ2n) is 4.28. The van der Waals surface area contributed by atoms with E-state index >= 15 is 0 Å². The minimum Gasteiger partial charge on any atom is -0.491 e. The summed E-state index contributed by atoms with van der Waals surface area (Å²) in [6.07, 6.45) is -0.120. The Labute approximate surface area is 127 Å². The number of hydrogen-bond acceptors (Lipinski definition) is 3.